The van der Waals surface area contributed by atoms with Gasteiger partial charge in [0.2, 0.25) is 0 Å². The highest BCUT2D eigenvalue weighted by atomic mass is 16.2. The molecule has 1 amide bonds. The van der Waals surface area contributed by atoms with Gasteiger partial charge in [0, 0.05) is 7.05 Å². The molecule has 0 aromatic heterocycles. The molecule has 0 bridgehead atoms. The van der Waals surface area contributed by atoms with Crippen molar-refractivity contribution in [3.63, 3.8) is 0 Å². The van der Waals surface area contributed by atoms with E-state index in [0.29, 0.717) is 0 Å². The number of carbonyl (C=O) groups is 1. The zero-order valence-corrected chi connectivity index (χ0v) is 12.3. The first kappa shape index (κ1) is 12.9. The van der Waals surface area contributed by atoms with E-state index in [1.54, 1.807) is 0 Å². The van der Waals surface area contributed by atoms with E-state index in [1.807, 2.05) is 43.4 Å². The van der Waals surface area contributed by atoms with Crippen LogP contribution in [0.4, 0.5) is 5.69 Å². The summed E-state index contributed by atoms with van der Waals surface area (Å²) in [7, 11) is 2.01. The molecule has 3 heteroatoms. The summed E-state index contributed by atoms with van der Waals surface area (Å²) in [5.41, 5.74) is 2.77. The molecule has 22 heavy (non-hydrogen) atoms. The normalized spacial score (nSPS) is 17.2. The van der Waals surface area contributed by atoms with Crippen molar-refractivity contribution in [2.75, 3.05) is 11.9 Å². The van der Waals surface area contributed by atoms with E-state index in [4.69, 9.17) is 0 Å². The second kappa shape index (κ2) is 4.88. The minimum atomic E-state index is -0.146. The quantitative estimate of drug-likeness (QED) is 0.740. The van der Waals surface area contributed by atoms with E-state index in [-0.39, 0.29) is 12.1 Å². The smallest absolute Gasteiger partial charge is 0.255 e. The van der Waals surface area contributed by atoms with Crippen LogP contribution < -0.4 is 10.2 Å². The summed E-state index contributed by atoms with van der Waals surface area (Å²) < 4.78 is 0. The highest BCUT2D eigenvalue weighted by Gasteiger charge is 2.28. The number of benzene rings is 3. The van der Waals surface area contributed by atoms with Crippen molar-refractivity contribution < 1.29 is 4.79 Å². The number of rotatable bonds is 1. The number of hydrogen-bond donors (Lipinski definition) is 1. The van der Waals surface area contributed by atoms with Crippen molar-refractivity contribution in [2.24, 2.45) is 0 Å². The van der Waals surface area contributed by atoms with Gasteiger partial charge in [0.1, 0.15) is 6.17 Å². The number of fused-ring (bicyclic) bond motifs is 2. The molecule has 0 saturated carbocycles. The standard InChI is InChI=1S/C19H16N2O/c1-21-17-9-5-4-8-16(17)19(22)20-18(21)15-11-10-13-6-2-3-7-14(13)12-15/h2-12,18H,1H3,(H,20,22)/t18-/m0/s1. The largest absolute Gasteiger partial charge is 0.350 e. The molecule has 1 N–H and O–H groups in total. The van der Waals surface area contributed by atoms with Crippen LogP contribution in [-0.4, -0.2) is 13.0 Å². The van der Waals surface area contributed by atoms with Crippen LogP contribution in [0.5, 0.6) is 0 Å². The molecule has 0 spiro atoms. The molecule has 108 valence electrons. The first-order valence-corrected chi connectivity index (χ1v) is 7.35. The summed E-state index contributed by atoms with van der Waals surface area (Å²) in [5, 5.41) is 5.48. The Labute approximate surface area is 129 Å². The van der Waals surface area contributed by atoms with E-state index in [9.17, 15) is 4.79 Å². The molecule has 0 saturated heterocycles. The van der Waals surface area contributed by atoms with Crippen molar-refractivity contribution in [3.05, 3.63) is 77.9 Å². The van der Waals surface area contributed by atoms with E-state index in [0.717, 1.165) is 16.8 Å². The van der Waals surface area contributed by atoms with Gasteiger partial charge in [-0.25, -0.2) is 0 Å². The van der Waals surface area contributed by atoms with Gasteiger partial charge in [-0.1, -0.05) is 48.5 Å². The van der Waals surface area contributed by atoms with Crippen LogP contribution in [0.3, 0.4) is 0 Å². The Morgan fingerprint density at radius 3 is 2.50 bits per heavy atom. The predicted molar refractivity (Wildman–Crippen MR) is 89.0 cm³/mol. The van der Waals surface area contributed by atoms with Gasteiger partial charge in [-0.15, -0.1) is 0 Å². The van der Waals surface area contributed by atoms with Crippen molar-refractivity contribution in [1.29, 1.82) is 0 Å². The Morgan fingerprint density at radius 2 is 1.64 bits per heavy atom. The zero-order valence-electron chi connectivity index (χ0n) is 12.3. The molecule has 4 rings (SSSR count). The molecule has 1 aliphatic rings. The molecule has 1 heterocycles. The number of anilines is 1. The summed E-state index contributed by atoms with van der Waals surface area (Å²) in [6.45, 7) is 0. The SMILES string of the molecule is CN1c2ccccc2C(=O)N[C@@H]1c1ccc2ccccc2c1. The topological polar surface area (TPSA) is 32.3 Å². The van der Waals surface area contributed by atoms with Gasteiger partial charge in [0.25, 0.3) is 5.91 Å². The van der Waals surface area contributed by atoms with Crippen molar-refractivity contribution in [3.8, 4) is 0 Å². The van der Waals surface area contributed by atoms with Crippen molar-refractivity contribution in [1.82, 2.24) is 5.32 Å². The fourth-order valence-corrected chi connectivity index (χ4v) is 3.10. The monoisotopic (exact) mass is 288 g/mol. The third-order valence-electron chi connectivity index (χ3n) is 4.27. The summed E-state index contributed by atoms with van der Waals surface area (Å²) in [5.74, 6) is -0.0214. The Bertz CT molecular complexity index is 872. The van der Waals surface area contributed by atoms with Crippen molar-refractivity contribution >= 4 is 22.4 Å². The Hall–Kier alpha value is -2.81. The number of nitrogens with zero attached hydrogens (tertiary/aromatic N) is 1. The van der Waals surface area contributed by atoms with Crippen LogP contribution in [-0.2, 0) is 0 Å². The molecule has 0 unspecified atom stereocenters. The van der Waals surface area contributed by atoms with Gasteiger partial charge >= 0.3 is 0 Å². The van der Waals surface area contributed by atoms with Crippen LogP contribution >= 0.6 is 0 Å². The maximum atomic E-state index is 12.3. The molecule has 3 aromatic carbocycles. The molecular formula is C19H16N2O. The Kier molecular flexibility index (Phi) is 2.86. The third-order valence-corrected chi connectivity index (χ3v) is 4.27. The second-order valence-corrected chi connectivity index (χ2v) is 5.61. The molecule has 0 fully saturated rings. The third kappa shape index (κ3) is 1.94. The molecule has 0 aliphatic carbocycles. The highest BCUT2D eigenvalue weighted by molar-refractivity contribution is 6.02. The summed E-state index contributed by atoms with van der Waals surface area (Å²) in [6, 6.07) is 22.3. The fourth-order valence-electron chi connectivity index (χ4n) is 3.10. The average Bonchev–Trinajstić information content (AvgIpc) is 2.58. The number of para-hydroxylation sites is 1. The molecule has 3 nitrogen and oxygen atoms in total. The summed E-state index contributed by atoms with van der Waals surface area (Å²) in [6.07, 6.45) is -0.146. The Morgan fingerprint density at radius 1 is 0.909 bits per heavy atom. The molecule has 0 radical (unpaired) electrons. The predicted octanol–water partition coefficient (Wildman–Crippen LogP) is 3.72. The van der Waals surface area contributed by atoms with Gasteiger partial charge in [-0.05, 0) is 34.5 Å². The van der Waals surface area contributed by atoms with Gasteiger partial charge in [-0.3, -0.25) is 4.79 Å². The van der Waals surface area contributed by atoms with E-state index in [1.165, 1.54) is 10.8 Å². The van der Waals surface area contributed by atoms with Crippen LogP contribution in [0.1, 0.15) is 22.1 Å². The van der Waals surface area contributed by atoms with E-state index >= 15 is 0 Å². The van der Waals surface area contributed by atoms with Gasteiger partial charge in [0.15, 0.2) is 0 Å². The highest BCUT2D eigenvalue weighted by Crippen LogP contribution is 2.32. The Balaban J connectivity index is 1.80. The molecule has 3 aromatic rings. The number of nitrogens with one attached hydrogen (secondary N) is 1. The first-order valence-electron chi connectivity index (χ1n) is 7.35. The number of hydrogen-bond acceptors (Lipinski definition) is 2. The minimum absolute atomic E-state index is 0.0214. The van der Waals surface area contributed by atoms with Crippen LogP contribution in [0.15, 0.2) is 66.7 Å². The van der Waals surface area contributed by atoms with E-state index < -0.39 is 0 Å². The number of amides is 1. The minimum Gasteiger partial charge on any atom is -0.350 e. The van der Waals surface area contributed by atoms with Crippen LogP contribution in [0, 0.1) is 0 Å². The first-order chi connectivity index (χ1) is 10.7. The average molecular weight is 288 g/mol. The lowest BCUT2D eigenvalue weighted by atomic mass is 10.0. The summed E-state index contributed by atoms with van der Waals surface area (Å²) in [4.78, 5) is 14.5. The van der Waals surface area contributed by atoms with Crippen molar-refractivity contribution in [2.45, 2.75) is 6.17 Å². The maximum Gasteiger partial charge on any atom is 0.255 e. The zero-order chi connectivity index (χ0) is 15.1. The molecule has 1 atom stereocenters. The van der Waals surface area contributed by atoms with Crippen LogP contribution in [0.25, 0.3) is 10.8 Å². The lowest BCUT2D eigenvalue weighted by Gasteiger charge is -2.36. The lowest BCUT2D eigenvalue weighted by Crippen LogP contribution is -2.44. The fraction of sp³-hybridized carbons (Fsp3) is 0.105. The maximum absolute atomic E-state index is 12.3. The van der Waals surface area contributed by atoms with Gasteiger partial charge < -0.3 is 10.2 Å². The van der Waals surface area contributed by atoms with Gasteiger partial charge in [0.05, 0.1) is 11.3 Å². The van der Waals surface area contributed by atoms with Crippen LogP contribution in [0.2, 0.25) is 0 Å². The number of carbonyl (C=O) groups excluding carboxylic acids is 1. The lowest BCUT2D eigenvalue weighted by molar-refractivity contribution is 0.0928. The molecular weight excluding hydrogens is 272 g/mol. The van der Waals surface area contributed by atoms with Gasteiger partial charge in [-0.2, -0.15) is 0 Å². The molecule has 1 aliphatic heterocycles. The second-order valence-electron chi connectivity index (χ2n) is 5.61. The van der Waals surface area contributed by atoms with E-state index in [2.05, 4.69) is 40.5 Å². The summed E-state index contributed by atoms with van der Waals surface area (Å²) >= 11 is 0.